The quantitative estimate of drug-likeness (QED) is 0.697. The van der Waals surface area contributed by atoms with Crippen LogP contribution in [0.3, 0.4) is 0 Å². The summed E-state index contributed by atoms with van der Waals surface area (Å²) in [6.45, 7) is 2.68. The molecule has 1 rings (SSSR count). The average Bonchev–Trinajstić information content (AvgIpc) is 2.25. The number of carbonyl (C=O) groups is 1. The van der Waals surface area contributed by atoms with E-state index in [2.05, 4.69) is 10.3 Å². The molecule has 1 aromatic heterocycles. The second-order valence-corrected chi connectivity index (χ2v) is 4.03. The third-order valence-corrected chi connectivity index (χ3v) is 2.87. The highest BCUT2D eigenvalue weighted by atomic mass is 32.2. The van der Waals surface area contributed by atoms with Crippen LogP contribution in [0.25, 0.3) is 0 Å². The van der Waals surface area contributed by atoms with Crippen LogP contribution in [0.5, 0.6) is 0 Å². The lowest BCUT2D eigenvalue weighted by atomic mass is 10.3. The highest BCUT2D eigenvalue weighted by molar-refractivity contribution is 7.99. The Balaban J connectivity index is 2.43. The number of primary amides is 1. The zero-order chi connectivity index (χ0) is 11.1. The minimum Gasteiger partial charge on any atom is -0.368 e. The number of hydrogen-bond donors (Lipinski definition) is 2. The molecule has 0 aliphatic rings. The van der Waals surface area contributed by atoms with Crippen LogP contribution in [0.15, 0.2) is 29.4 Å². The summed E-state index contributed by atoms with van der Waals surface area (Å²) in [6, 6.07) is 5.40. The van der Waals surface area contributed by atoms with Crippen LogP contribution in [0.1, 0.15) is 6.92 Å². The fourth-order valence-corrected chi connectivity index (χ4v) is 2.02. The second kappa shape index (κ2) is 6.42. The van der Waals surface area contributed by atoms with E-state index < -0.39 is 0 Å². The Morgan fingerprint density at radius 3 is 3.00 bits per heavy atom. The van der Waals surface area contributed by atoms with Gasteiger partial charge >= 0.3 is 0 Å². The summed E-state index contributed by atoms with van der Waals surface area (Å²) in [5.74, 6) is 0.292. The molecule has 1 amide bonds. The van der Waals surface area contributed by atoms with Crippen LogP contribution in [0, 0.1) is 0 Å². The molecule has 0 saturated carbocycles. The van der Waals surface area contributed by atoms with Gasteiger partial charge in [-0.3, -0.25) is 4.79 Å². The number of amides is 1. The van der Waals surface area contributed by atoms with Crippen molar-refractivity contribution in [3.63, 3.8) is 0 Å². The van der Waals surface area contributed by atoms with Gasteiger partial charge in [0.25, 0.3) is 0 Å². The fourth-order valence-electron chi connectivity index (χ4n) is 1.09. The van der Waals surface area contributed by atoms with E-state index >= 15 is 0 Å². The van der Waals surface area contributed by atoms with E-state index in [0.29, 0.717) is 5.75 Å². The lowest BCUT2D eigenvalue weighted by molar-refractivity contribution is -0.119. The van der Waals surface area contributed by atoms with Crippen LogP contribution in [-0.2, 0) is 4.79 Å². The van der Waals surface area contributed by atoms with Crippen molar-refractivity contribution in [3.8, 4) is 0 Å². The van der Waals surface area contributed by atoms with Gasteiger partial charge in [-0.25, -0.2) is 4.98 Å². The highest BCUT2D eigenvalue weighted by Crippen LogP contribution is 2.14. The third kappa shape index (κ3) is 4.31. The first-order valence-electron chi connectivity index (χ1n) is 4.80. The molecule has 4 nitrogen and oxygen atoms in total. The standard InChI is InChI=1S/C10H15N3OS/c1-2-12-8(10(11)14)7-15-9-5-3-4-6-13-9/h3-6,8,12H,2,7H2,1H3,(H2,11,14). The number of thioether (sulfide) groups is 1. The molecule has 1 aromatic rings. The molecular weight excluding hydrogens is 210 g/mol. The van der Waals surface area contributed by atoms with Crippen LogP contribution < -0.4 is 11.1 Å². The Labute approximate surface area is 93.7 Å². The number of aromatic nitrogens is 1. The molecule has 0 bridgehead atoms. The van der Waals surface area contributed by atoms with Gasteiger partial charge in [0.15, 0.2) is 0 Å². The van der Waals surface area contributed by atoms with Gasteiger partial charge in [0.05, 0.1) is 11.1 Å². The average molecular weight is 225 g/mol. The summed E-state index contributed by atoms with van der Waals surface area (Å²) in [7, 11) is 0. The zero-order valence-corrected chi connectivity index (χ0v) is 9.46. The third-order valence-electron chi connectivity index (χ3n) is 1.83. The molecule has 15 heavy (non-hydrogen) atoms. The summed E-state index contributed by atoms with van der Waals surface area (Å²) < 4.78 is 0. The van der Waals surface area contributed by atoms with Gasteiger partial charge in [0, 0.05) is 11.9 Å². The second-order valence-electron chi connectivity index (χ2n) is 2.99. The number of hydrogen-bond acceptors (Lipinski definition) is 4. The maximum Gasteiger partial charge on any atom is 0.235 e. The lowest BCUT2D eigenvalue weighted by Crippen LogP contribution is -2.43. The van der Waals surface area contributed by atoms with Gasteiger partial charge in [-0.15, -0.1) is 11.8 Å². The molecule has 5 heteroatoms. The van der Waals surface area contributed by atoms with Gasteiger partial charge in [0.1, 0.15) is 0 Å². The van der Waals surface area contributed by atoms with Crippen LogP contribution >= 0.6 is 11.8 Å². The number of likely N-dealkylation sites (N-methyl/N-ethyl adjacent to an activating group) is 1. The molecule has 0 spiro atoms. The van der Waals surface area contributed by atoms with E-state index in [0.717, 1.165) is 11.6 Å². The smallest absolute Gasteiger partial charge is 0.235 e. The Kier molecular flexibility index (Phi) is 5.14. The number of nitrogens with one attached hydrogen (secondary N) is 1. The van der Waals surface area contributed by atoms with E-state index in [-0.39, 0.29) is 11.9 Å². The van der Waals surface area contributed by atoms with E-state index in [1.54, 1.807) is 6.20 Å². The summed E-state index contributed by atoms with van der Waals surface area (Å²) in [5.41, 5.74) is 5.25. The maximum atomic E-state index is 11.0. The largest absolute Gasteiger partial charge is 0.368 e. The molecule has 82 valence electrons. The topological polar surface area (TPSA) is 68.0 Å². The summed E-state index contributed by atoms with van der Waals surface area (Å²) in [6.07, 6.45) is 1.73. The summed E-state index contributed by atoms with van der Waals surface area (Å²) in [5, 5.41) is 3.93. The lowest BCUT2D eigenvalue weighted by Gasteiger charge is -2.12. The molecule has 0 fully saturated rings. The van der Waals surface area contributed by atoms with E-state index in [1.165, 1.54) is 11.8 Å². The molecule has 0 saturated heterocycles. The number of nitrogens with zero attached hydrogens (tertiary/aromatic N) is 1. The SMILES string of the molecule is CCNC(CSc1ccccn1)C(N)=O. The first-order chi connectivity index (χ1) is 7.24. The van der Waals surface area contributed by atoms with Crippen molar-refractivity contribution < 1.29 is 4.79 Å². The molecule has 1 atom stereocenters. The van der Waals surface area contributed by atoms with Crippen LogP contribution in [0.4, 0.5) is 0 Å². The molecule has 3 N–H and O–H groups in total. The van der Waals surface area contributed by atoms with Gasteiger partial charge in [0.2, 0.25) is 5.91 Å². The molecular formula is C10H15N3OS. The molecule has 1 heterocycles. The van der Waals surface area contributed by atoms with Crippen molar-refractivity contribution in [1.29, 1.82) is 0 Å². The van der Waals surface area contributed by atoms with E-state index in [4.69, 9.17) is 5.73 Å². The molecule has 0 aromatic carbocycles. The summed E-state index contributed by atoms with van der Waals surface area (Å²) >= 11 is 1.52. The predicted molar refractivity (Wildman–Crippen MR) is 61.6 cm³/mol. The Morgan fingerprint density at radius 2 is 2.47 bits per heavy atom. The predicted octanol–water partition coefficient (Wildman–Crippen LogP) is 0.637. The molecule has 0 aliphatic heterocycles. The fraction of sp³-hybridized carbons (Fsp3) is 0.400. The first-order valence-corrected chi connectivity index (χ1v) is 5.79. The number of carbonyl (C=O) groups excluding carboxylic acids is 1. The Bertz CT molecular complexity index is 305. The first kappa shape index (κ1) is 12.0. The van der Waals surface area contributed by atoms with Crippen molar-refractivity contribution >= 4 is 17.7 Å². The van der Waals surface area contributed by atoms with Crippen molar-refractivity contribution in [2.24, 2.45) is 5.73 Å². The summed E-state index contributed by atoms with van der Waals surface area (Å²) in [4.78, 5) is 15.2. The van der Waals surface area contributed by atoms with Crippen LogP contribution in [-0.4, -0.2) is 29.2 Å². The Morgan fingerprint density at radius 1 is 1.67 bits per heavy atom. The van der Waals surface area contributed by atoms with E-state index in [9.17, 15) is 4.79 Å². The Hall–Kier alpha value is -1.07. The number of pyridine rings is 1. The molecule has 0 radical (unpaired) electrons. The van der Waals surface area contributed by atoms with E-state index in [1.807, 2.05) is 25.1 Å². The normalized spacial score (nSPS) is 12.3. The van der Waals surface area contributed by atoms with Gasteiger partial charge in [-0.05, 0) is 18.7 Å². The highest BCUT2D eigenvalue weighted by Gasteiger charge is 2.13. The molecule has 0 aliphatic carbocycles. The monoisotopic (exact) mass is 225 g/mol. The van der Waals surface area contributed by atoms with Crippen molar-refractivity contribution in [2.45, 2.75) is 18.0 Å². The van der Waals surface area contributed by atoms with Gasteiger partial charge < -0.3 is 11.1 Å². The van der Waals surface area contributed by atoms with Crippen LogP contribution in [0.2, 0.25) is 0 Å². The molecule has 1 unspecified atom stereocenters. The van der Waals surface area contributed by atoms with Crippen molar-refractivity contribution in [1.82, 2.24) is 10.3 Å². The number of nitrogens with two attached hydrogens (primary N) is 1. The maximum absolute atomic E-state index is 11.0. The van der Waals surface area contributed by atoms with Crippen molar-refractivity contribution in [2.75, 3.05) is 12.3 Å². The minimum absolute atomic E-state index is 0.290. The van der Waals surface area contributed by atoms with Gasteiger partial charge in [-0.1, -0.05) is 13.0 Å². The minimum atomic E-state index is -0.319. The van der Waals surface area contributed by atoms with Gasteiger partial charge in [-0.2, -0.15) is 0 Å². The van der Waals surface area contributed by atoms with Crippen molar-refractivity contribution in [3.05, 3.63) is 24.4 Å². The number of rotatable bonds is 6. The zero-order valence-electron chi connectivity index (χ0n) is 8.64.